The van der Waals surface area contributed by atoms with Crippen molar-refractivity contribution in [1.82, 2.24) is 14.8 Å². The van der Waals surface area contributed by atoms with Gasteiger partial charge in [-0.1, -0.05) is 30.7 Å². The molecule has 0 unspecified atom stereocenters. The van der Waals surface area contributed by atoms with Gasteiger partial charge < -0.3 is 19.9 Å². The first-order valence-electron chi connectivity index (χ1n) is 12.5. The molecule has 1 aliphatic rings. The van der Waals surface area contributed by atoms with E-state index in [1.165, 1.54) is 11.1 Å². The Bertz CT molecular complexity index is 1230. The van der Waals surface area contributed by atoms with Crippen LogP contribution in [0.1, 0.15) is 35.6 Å². The lowest BCUT2D eigenvalue weighted by Crippen LogP contribution is -2.40. The molecule has 3 aromatic rings. The summed E-state index contributed by atoms with van der Waals surface area (Å²) in [4.78, 5) is 20.6. The van der Waals surface area contributed by atoms with Crippen LogP contribution in [0.15, 0.2) is 47.3 Å². The van der Waals surface area contributed by atoms with Crippen molar-refractivity contribution < 1.29 is 4.74 Å². The number of fused-ring (bicyclic) bond motifs is 1. The highest BCUT2D eigenvalue weighted by Gasteiger charge is 2.16. The normalized spacial score (nSPS) is 14.3. The summed E-state index contributed by atoms with van der Waals surface area (Å²) in [6.07, 6.45) is 1.92. The van der Waals surface area contributed by atoms with Gasteiger partial charge in [-0.3, -0.25) is 9.69 Å². The van der Waals surface area contributed by atoms with Crippen molar-refractivity contribution in [2.24, 2.45) is 0 Å². The Labute approximate surface area is 213 Å². The fraction of sp³-hybridized carbons (Fsp3) is 0.429. The maximum Gasteiger partial charge on any atom is 0.253 e. The van der Waals surface area contributed by atoms with Crippen molar-refractivity contribution in [3.8, 4) is 0 Å². The molecule has 1 saturated heterocycles. The summed E-state index contributed by atoms with van der Waals surface area (Å²) in [7, 11) is 0. The lowest BCUT2D eigenvalue weighted by atomic mass is 10.1. The second-order valence-corrected chi connectivity index (χ2v) is 9.76. The third kappa shape index (κ3) is 6.69. The second-order valence-electron chi connectivity index (χ2n) is 9.38. The number of rotatable bonds is 8. The van der Waals surface area contributed by atoms with E-state index in [1.54, 1.807) is 0 Å². The fourth-order valence-corrected chi connectivity index (χ4v) is 4.82. The number of aromatic nitrogens is 1. The Balaban J connectivity index is 1.54. The lowest BCUT2D eigenvalue weighted by molar-refractivity contribution is 0.0367. The zero-order valence-electron chi connectivity index (χ0n) is 21.0. The van der Waals surface area contributed by atoms with Gasteiger partial charge >= 0.3 is 0 Å². The van der Waals surface area contributed by atoms with Crippen molar-refractivity contribution in [3.05, 3.63) is 75.1 Å². The van der Waals surface area contributed by atoms with Crippen molar-refractivity contribution in [3.63, 3.8) is 0 Å². The molecule has 2 N–H and O–H groups in total. The van der Waals surface area contributed by atoms with Crippen molar-refractivity contribution in [2.45, 2.75) is 40.2 Å². The number of aromatic amines is 1. The number of hydrogen-bond acceptors (Lipinski definition) is 4. The number of benzene rings is 2. The van der Waals surface area contributed by atoms with Crippen molar-refractivity contribution in [2.75, 3.05) is 44.7 Å². The van der Waals surface area contributed by atoms with E-state index >= 15 is 0 Å². The molecule has 1 aliphatic heterocycles. The maximum atomic E-state index is 12.9. The Morgan fingerprint density at radius 3 is 2.69 bits per heavy atom. The van der Waals surface area contributed by atoms with Gasteiger partial charge in [0, 0.05) is 42.9 Å². The molecular weight excluding hydrogens is 456 g/mol. The quantitative estimate of drug-likeness (QED) is 0.447. The van der Waals surface area contributed by atoms with E-state index in [-0.39, 0.29) is 5.56 Å². The summed E-state index contributed by atoms with van der Waals surface area (Å²) >= 11 is 5.87. The van der Waals surface area contributed by atoms with Crippen LogP contribution in [0.4, 0.5) is 5.69 Å². The zero-order valence-corrected chi connectivity index (χ0v) is 21.8. The average molecular weight is 493 g/mol. The topological polar surface area (TPSA) is 60.6 Å². The van der Waals surface area contributed by atoms with E-state index < -0.39 is 0 Å². The standard InChI is InChI=1S/C28H36N4O2S/c1-4-22-7-9-26-23(17-22)18-24(27(33)29-26)19-32(11-5-10-31-12-14-34-15-13-31)28(35)30-25-8-6-20(2)16-21(25)3/h6-9,16-18H,4-5,10-15,19H2,1-3H3,(H,29,33)(H,30,35). The molecule has 0 spiro atoms. The van der Waals surface area contributed by atoms with Crippen LogP contribution in [0.3, 0.4) is 0 Å². The van der Waals surface area contributed by atoms with Gasteiger partial charge in [0.15, 0.2) is 5.11 Å². The third-order valence-electron chi connectivity index (χ3n) is 6.67. The Morgan fingerprint density at radius 1 is 1.14 bits per heavy atom. The number of nitrogens with zero attached hydrogens (tertiary/aromatic N) is 2. The molecule has 0 atom stereocenters. The van der Waals surface area contributed by atoms with E-state index in [1.807, 2.05) is 12.1 Å². The van der Waals surface area contributed by atoms with Gasteiger partial charge in [0.25, 0.3) is 5.56 Å². The highest BCUT2D eigenvalue weighted by Crippen LogP contribution is 2.19. The van der Waals surface area contributed by atoms with E-state index in [0.29, 0.717) is 11.7 Å². The molecule has 0 aliphatic carbocycles. The first-order chi connectivity index (χ1) is 16.9. The maximum absolute atomic E-state index is 12.9. The molecule has 7 heteroatoms. The molecule has 2 heterocycles. The number of pyridine rings is 1. The van der Waals surface area contributed by atoms with Crippen molar-refractivity contribution >= 4 is 33.9 Å². The van der Waals surface area contributed by atoms with Gasteiger partial charge in [-0.15, -0.1) is 0 Å². The van der Waals surface area contributed by atoms with Gasteiger partial charge in [-0.25, -0.2) is 0 Å². The molecule has 186 valence electrons. The van der Waals surface area contributed by atoms with E-state index in [2.05, 4.69) is 71.2 Å². The first-order valence-corrected chi connectivity index (χ1v) is 12.9. The summed E-state index contributed by atoms with van der Waals surface area (Å²) in [5.41, 5.74) is 6.15. The molecule has 2 aromatic carbocycles. The van der Waals surface area contributed by atoms with Crippen LogP contribution >= 0.6 is 12.2 Å². The predicted molar refractivity (Wildman–Crippen MR) is 148 cm³/mol. The monoisotopic (exact) mass is 492 g/mol. The number of aryl methyl sites for hydroxylation is 3. The highest BCUT2D eigenvalue weighted by molar-refractivity contribution is 7.80. The molecule has 0 amide bonds. The summed E-state index contributed by atoms with van der Waals surface area (Å²) in [5.74, 6) is 0. The van der Waals surface area contributed by atoms with Crippen LogP contribution in [-0.4, -0.2) is 59.3 Å². The minimum absolute atomic E-state index is 0.0609. The first kappa shape index (κ1) is 25.4. The molecule has 0 bridgehead atoms. The Hall–Kier alpha value is -2.74. The molecule has 0 saturated carbocycles. The fourth-order valence-electron chi connectivity index (χ4n) is 4.55. The molecule has 6 nitrogen and oxygen atoms in total. The average Bonchev–Trinajstić information content (AvgIpc) is 2.85. The molecule has 4 rings (SSSR count). The minimum atomic E-state index is -0.0609. The van der Waals surface area contributed by atoms with Crippen LogP contribution in [0.25, 0.3) is 10.9 Å². The molecule has 1 fully saturated rings. The Morgan fingerprint density at radius 2 is 1.94 bits per heavy atom. The van der Waals surface area contributed by atoms with Gasteiger partial charge in [0.1, 0.15) is 0 Å². The van der Waals surface area contributed by atoms with Gasteiger partial charge in [-0.2, -0.15) is 0 Å². The number of morpholine rings is 1. The largest absolute Gasteiger partial charge is 0.379 e. The number of H-pyrrole nitrogens is 1. The number of nitrogens with one attached hydrogen (secondary N) is 2. The van der Waals surface area contributed by atoms with Crippen molar-refractivity contribution in [1.29, 1.82) is 0 Å². The van der Waals surface area contributed by atoms with E-state index in [9.17, 15) is 4.79 Å². The SMILES string of the molecule is CCc1ccc2[nH]c(=O)c(CN(CCCN3CCOCC3)C(=S)Nc3ccc(C)cc3C)cc2c1. The predicted octanol–water partition coefficient (Wildman–Crippen LogP) is 4.63. The van der Waals surface area contributed by atoms with Crippen LogP contribution < -0.4 is 10.9 Å². The number of anilines is 1. The molecule has 35 heavy (non-hydrogen) atoms. The molecule has 0 radical (unpaired) electrons. The summed E-state index contributed by atoms with van der Waals surface area (Å²) in [5, 5.41) is 5.13. The van der Waals surface area contributed by atoms with E-state index in [0.717, 1.165) is 80.0 Å². The number of thiocarbonyl (C=S) groups is 1. The summed E-state index contributed by atoms with van der Waals surface area (Å²) in [6.45, 7) is 12.0. The third-order valence-corrected chi connectivity index (χ3v) is 7.03. The van der Waals surface area contributed by atoms with Crippen LogP contribution in [0, 0.1) is 13.8 Å². The van der Waals surface area contributed by atoms with Gasteiger partial charge in [-0.05, 0) is 79.7 Å². The molecular formula is C28H36N4O2S. The molecule has 1 aromatic heterocycles. The van der Waals surface area contributed by atoms with Gasteiger partial charge in [0.05, 0.1) is 19.8 Å². The Kier molecular flexibility index (Phi) is 8.55. The van der Waals surface area contributed by atoms with Crippen LogP contribution in [0.2, 0.25) is 0 Å². The van der Waals surface area contributed by atoms with Crippen LogP contribution in [-0.2, 0) is 17.7 Å². The lowest BCUT2D eigenvalue weighted by Gasteiger charge is -2.30. The summed E-state index contributed by atoms with van der Waals surface area (Å²) in [6, 6.07) is 14.5. The number of ether oxygens (including phenoxy) is 1. The van der Waals surface area contributed by atoms with Gasteiger partial charge in [0.2, 0.25) is 0 Å². The van der Waals surface area contributed by atoms with Crippen LogP contribution in [0.5, 0.6) is 0 Å². The second kappa shape index (κ2) is 11.8. The highest BCUT2D eigenvalue weighted by atomic mass is 32.1. The summed E-state index contributed by atoms with van der Waals surface area (Å²) < 4.78 is 5.47. The minimum Gasteiger partial charge on any atom is -0.379 e. The van der Waals surface area contributed by atoms with E-state index in [4.69, 9.17) is 17.0 Å². The smallest absolute Gasteiger partial charge is 0.253 e. The number of hydrogen-bond donors (Lipinski definition) is 2. The zero-order chi connectivity index (χ0) is 24.8.